The lowest BCUT2D eigenvalue weighted by Gasteiger charge is -2.41. The summed E-state index contributed by atoms with van der Waals surface area (Å²) in [6, 6.07) is 6.46. The van der Waals surface area contributed by atoms with Crippen LogP contribution in [-0.2, 0) is 19.1 Å². The second kappa shape index (κ2) is 12.4. The standard InChI is InChI=1S/C34H47N3O6/c1-6-18-35(25-14-16-26(17-15-25)42-8-3)30(39)27-28-31(40)37(20-21-38)29(34(28)22-23(4)33(27,5)43-34)32(41)36(19-7-2)24-12-10-9-11-13-24/h6-7,14-17,23-24,27-29,38H,1-2,8-13,18-22H2,3-5H3/t23?,27-,28+,29?,33+,34?/m1/s1. The first-order valence-electron chi connectivity index (χ1n) is 15.9. The molecule has 43 heavy (non-hydrogen) atoms. The van der Waals surface area contributed by atoms with Crippen LogP contribution in [-0.4, -0.2) is 88.8 Å². The van der Waals surface area contributed by atoms with E-state index in [2.05, 4.69) is 13.2 Å². The Morgan fingerprint density at radius 3 is 2.40 bits per heavy atom. The number of aliphatic hydroxyl groups excluding tert-OH is 1. The summed E-state index contributed by atoms with van der Waals surface area (Å²) in [5, 5.41) is 10.0. The molecule has 4 aliphatic rings. The van der Waals surface area contributed by atoms with Crippen molar-refractivity contribution < 1.29 is 29.0 Å². The highest BCUT2D eigenvalue weighted by atomic mass is 16.5. The Bertz CT molecular complexity index is 1230. The molecule has 3 heterocycles. The van der Waals surface area contributed by atoms with Gasteiger partial charge in [-0.1, -0.05) is 38.3 Å². The summed E-state index contributed by atoms with van der Waals surface area (Å²) in [7, 11) is 0. The highest BCUT2D eigenvalue weighted by Gasteiger charge is 2.80. The minimum absolute atomic E-state index is 0.00468. The third kappa shape index (κ3) is 5.08. The summed E-state index contributed by atoms with van der Waals surface area (Å²) >= 11 is 0. The van der Waals surface area contributed by atoms with Gasteiger partial charge in [-0.25, -0.2) is 0 Å². The lowest BCUT2D eigenvalue weighted by Crippen LogP contribution is -2.59. The Morgan fingerprint density at radius 1 is 1.12 bits per heavy atom. The number of aliphatic hydroxyl groups is 1. The maximum absolute atomic E-state index is 14.6. The first-order valence-corrected chi connectivity index (χ1v) is 15.9. The van der Waals surface area contributed by atoms with Gasteiger partial charge in [0.15, 0.2) is 0 Å². The molecule has 3 saturated heterocycles. The number of rotatable bonds is 12. The van der Waals surface area contributed by atoms with Crippen LogP contribution in [0.15, 0.2) is 49.6 Å². The van der Waals surface area contributed by atoms with E-state index in [-0.39, 0.29) is 49.4 Å². The van der Waals surface area contributed by atoms with Crippen molar-refractivity contribution in [1.82, 2.24) is 9.80 Å². The minimum Gasteiger partial charge on any atom is -0.494 e. The number of anilines is 1. The van der Waals surface area contributed by atoms with Gasteiger partial charge < -0.3 is 29.3 Å². The minimum atomic E-state index is -1.16. The molecular formula is C34H47N3O6. The van der Waals surface area contributed by atoms with E-state index in [0.717, 1.165) is 32.1 Å². The van der Waals surface area contributed by atoms with Gasteiger partial charge >= 0.3 is 0 Å². The number of β-amino-alcohol motifs (C(OH)–C–C–N with tert-alkyl or cyclic N) is 1. The molecule has 6 atom stereocenters. The van der Waals surface area contributed by atoms with Gasteiger partial charge in [0, 0.05) is 31.4 Å². The topological polar surface area (TPSA) is 99.6 Å². The molecule has 234 valence electrons. The zero-order chi connectivity index (χ0) is 30.9. The number of hydrogen-bond acceptors (Lipinski definition) is 6. The van der Waals surface area contributed by atoms with Crippen molar-refractivity contribution in [3.63, 3.8) is 0 Å². The second-order valence-electron chi connectivity index (χ2n) is 12.7. The van der Waals surface area contributed by atoms with Crippen LogP contribution in [0, 0.1) is 17.8 Å². The Balaban J connectivity index is 1.55. The number of ether oxygens (including phenoxy) is 2. The van der Waals surface area contributed by atoms with E-state index < -0.39 is 29.1 Å². The van der Waals surface area contributed by atoms with Crippen molar-refractivity contribution in [1.29, 1.82) is 0 Å². The Hall–Kier alpha value is -3.17. The van der Waals surface area contributed by atoms with E-state index in [9.17, 15) is 19.5 Å². The fourth-order valence-corrected chi connectivity index (χ4v) is 8.36. The van der Waals surface area contributed by atoms with E-state index in [1.165, 1.54) is 4.90 Å². The lowest BCUT2D eigenvalue weighted by molar-refractivity contribution is -0.154. The van der Waals surface area contributed by atoms with Crippen molar-refractivity contribution in [2.45, 2.75) is 82.6 Å². The number of hydrogen-bond donors (Lipinski definition) is 1. The number of carbonyl (C=O) groups is 3. The number of nitrogens with zero attached hydrogens (tertiary/aromatic N) is 3. The highest BCUT2D eigenvalue weighted by Crippen LogP contribution is 2.65. The highest BCUT2D eigenvalue weighted by molar-refractivity contribution is 6.03. The third-order valence-electron chi connectivity index (χ3n) is 10.3. The van der Waals surface area contributed by atoms with Crippen molar-refractivity contribution in [2.75, 3.05) is 37.7 Å². The summed E-state index contributed by atoms with van der Waals surface area (Å²) < 4.78 is 12.5. The summed E-state index contributed by atoms with van der Waals surface area (Å²) in [5.41, 5.74) is -1.44. The van der Waals surface area contributed by atoms with E-state index in [1.807, 2.05) is 49.9 Å². The molecule has 4 fully saturated rings. The first-order chi connectivity index (χ1) is 20.7. The molecular weight excluding hydrogens is 546 g/mol. The summed E-state index contributed by atoms with van der Waals surface area (Å²) in [6.07, 6.45) is 8.96. The molecule has 1 aromatic carbocycles. The van der Waals surface area contributed by atoms with Crippen molar-refractivity contribution in [3.05, 3.63) is 49.6 Å². The fraction of sp³-hybridized carbons (Fsp3) is 0.618. The Morgan fingerprint density at radius 2 is 1.79 bits per heavy atom. The monoisotopic (exact) mass is 593 g/mol. The molecule has 3 amide bonds. The van der Waals surface area contributed by atoms with Crippen molar-refractivity contribution in [3.8, 4) is 5.75 Å². The van der Waals surface area contributed by atoms with Gasteiger partial charge in [0.1, 0.15) is 17.4 Å². The van der Waals surface area contributed by atoms with Gasteiger partial charge in [-0.05, 0) is 63.3 Å². The van der Waals surface area contributed by atoms with Gasteiger partial charge in [0.2, 0.25) is 17.7 Å². The number of amides is 3. The second-order valence-corrected chi connectivity index (χ2v) is 12.7. The molecule has 1 spiro atoms. The van der Waals surface area contributed by atoms with Crippen LogP contribution in [0.5, 0.6) is 5.75 Å². The van der Waals surface area contributed by atoms with E-state index in [4.69, 9.17) is 9.47 Å². The molecule has 1 saturated carbocycles. The predicted molar refractivity (Wildman–Crippen MR) is 165 cm³/mol. The molecule has 1 aromatic rings. The van der Waals surface area contributed by atoms with Crippen molar-refractivity contribution in [2.24, 2.45) is 17.8 Å². The van der Waals surface area contributed by atoms with E-state index >= 15 is 0 Å². The van der Waals surface area contributed by atoms with Crippen LogP contribution in [0.4, 0.5) is 5.69 Å². The normalized spacial score (nSPS) is 31.5. The molecule has 1 N–H and O–H groups in total. The molecule has 0 radical (unpaired) electrons. The van der Waals surface area contributed by atoms with Crippen molar-refractivity contribution >= 4 is 23.4 Å². The molecule has 2 bridgehead atoms. The number of carbonyl (C=O) groups excluding carboxylic acids is 3. The molecule has 5 rings (SSSR count). The fourth-order valence-electron chi connectivity index (χ4n) is 8.36. The zero-order valence-corrected chi connectivity index (χ0v) is 25.9. The van der Waals surface area contributed by atoms with Crippen LogP contribution in [0.1, 0.15) is 59.3 Å². The summed E-state index contributed by atoms with van der Waals surface area (Å²) in [5.74, 6) is -1.72. The largest absolute Gasteiger partial charge is 0.494 e. The maximum atomic E-state index is 14.6. The Kier molecular flexibility index (Phi) is 9.05. The Labute approximate surface area is 255 Å². The number of likely N-dealkylation sites (tertiary alicyclic amines) is 1. The van der Waals surface area contributed by atoms with Gasteiger partial charge in [-0.3, -0.25) is 14.4 Å². The van der Waals surface area contributed by atoms with E-state index in [1.54, 1.807) is 17.1 Å². The van der Waals surface area contributed by atoms with Gasteiger partial charge in [-0.2, -0.15) is 0 Å². The molecule has 1 aliphatic carbocycles. The molecule has 0 aromatic heterocycles. The van der Waals surface area contributed by atoms with Crippen LogP contribution < -0.4 is 9.64 Å². The molecule has 9 heteroatoms. The zero-order valence-electron chi connectivity index (χ0n) is 25.9. The van der Waals surface area contributed by atoms with Gasteiger partial charge in [-0.15, -0.1) is 13.2 Å². The van der Waals surface area contributed by atoms with Crippen LogP contribution >= 0.6 is 0 Å². The van der Waals surface area contributed by atoms with Gasteiger partial charge in [0.05, 0.1) is 30.7 Å². The third-order valence-corrected chi connectivity index (χ3v) is 10.3. The van der Waals surface area contributed by atoms with Crippen LogP contribution in [0.3, 0.4) is 0 Å². The van der Waals surface area contributed by atoms with E-state index in [0.29, 0.717) is 31.0 Å². The quantitative estimate of drug-likeness (QED) is 0.369. The average molecular weight is 594 g/mol. The van der Waals surface area contributed by atoms with Crippen LogP contribution in [0.2, 0.25) is 0 Å². The maximum Gasteiger partial charge on any atom is 0.248 e. The molecule has 3 aliphatic heterocycles. The molecule has 9 nitrogen and oxygen atoms in total. The van der Waals surface area contributed by atoms with Gasteiger partial charge in [0.25, 0.3) is 0 Å². The number of fused-ring (bicyclic) bond motifs is 1. The average Bonchev–Trinajstić information content (AvgIpc) is 3.51. The first kappa shape index (κ1) is 31.3. The predicted octanol–water partition coefficient (Wildman–Crippen LogP) is 3.95. The van der Waals surface area contributed by atoms with Crippen LogP contribution in [0.25, 0.3) is 0 Å². The lowest BCUT2D eigenvalue weighted by atomic mass is 9.62. The smallest absolute Gasteiger partial charge is 0.248 e. The molecule has 3 unspecified atom stereocenters. The summed E-state index contributed by atoms with van der Waals surface area (Å²) in [4.78, 5) is 48.6. The summed E-state index contributed by atoms with van der Waals surface area (Å²) in [6.45, 7) is 14.6. The SMILES string of the molecule is C=CCN(C(=O)[C@H]1[C@H]2C(=O)N(CCO)C(C(=O)N(CC=C)C3CCCCC3)C23CC(C)[C@]1(C)O3)c1ccc(OCC)cc1. The number of benzene rings is 1.